The molecule has 144 valence electrons. The van der Waals surface area contributed by atoms with Gasteiger partial charge in [0.2, 0.25) is 0 Å². The van der Waals surface area contributed by atoms with Gasteiger partial charge in [-0.05, 0) is 42.8 Å². The first-order chi connectivity index (χ1) is 14.1. The van der Waals surface area contributed by atoms with Crippen LogP contribution in [-0.4, -0.2) is 24.4 Å². The second kappa shape index (κ2) is 7.59. The van der Waals surface area contributed by atoms with E-state index < -0.39 is 17.8 Å². The van der Waals surface area contributed by atoms with Crippen molar-refractivity contribution in [3.63, 3.8) is 0 Å². The molecule has 3 aromatic carbocycles. The number of anilines is 1. The number of ether oxygens (including phenoxy) is 2. The van der Waals surface area contributed by atoms with Crippen molar-refractivity contribution >= 4 is 23.5 Å². The molecule has 1 aliphatic rings. The van der Waals surface area contributed by atoms with Crippen molar-refractivity contribution in [3.8, 4) is 11.5 Å². The lowest BCUT2D eigenvalue weighted by Crippen LogP contribution is -2.30. The molecule has 0 bridgehead atoms. The minimum absolute atomic E-state index is 0.111. The second-order valence-corrected chi connectivity index (χ2v) is 6.49. The number of hydrogen-bond acceptors (Lipinski definition) is 5. The minimum atomic E-state index is -0.641. The zero-order valence-corrected chi connectivity index (χ0v) is 15.6. The van der Waals surface area contributed by atoms with Gasteiger partial charge in [0.25, 0.3) is 11.8 Å². The molecule has 0 spiro atoms. The van der Waals surface area contributed by atoms with E-state index in [9.17, 15) is 14.4 Å². The van der Waals surface area contributed by atoms with E-state index in [2.05, 4.69) is 0 Å². The summed E-state index contributed by atoms with van der Waals surface area (Å²) in [6.45, 7) is 1.57. The van der Waals surface area contributed by atoms with Gasteiger partial charge in [-0.3, -0.25) is 9.59 Å². The van der Waals surface area contributed by atoms with Crippen LogP contribution in [0.1, 0.15) is 26.3 Å². The largest absolute Gasteiger partial charge is 0.482 e. The molecule has 0 radical (unpaired) electrons. The molecule has 1 heterocycles. The van der Waals surface area contributed by atoms with Crippen LogP contribution in [0.2, 0.25) is 0 Å². The summed E-state index contributed by atoms with van der Waals surface area (Å²) in [6, 6.07) is 20.3. The van der Waals surface area contributed by atoms with Crippen molar-refractivity contribution in [3.05, 3.63) is 89.5 Å². The maximum Gasteiger partial charge on any atom is 0.349 e. The number of para-hydroxylation sites is 3. The van der Waals surface area contributed by atoms with Crippen LogP contribution in [0.5, 0.6) is 11.5 Å². The number of benzene rings is 3. The summed E-state index contributed by atoms with van der Waals surface area (Å²) in [5.74, 6) is -0.855. The van der Waals surface area contributed by atoms with Crippen molar-refractivity contribution in [2.45, 2.75) is 6.92 Å². The molecule has 0 saturated heterocycles. The number of esters is 1. The van der Waals surface area contributed by atoms with Gasteiger partial charge in [0.1, 0.15) is 5.75 Å². The van der Waals surface area contributed by atoms with Crippen molar-refractivity contribution in [1.82, 2.24) is 0 Å². The van der Waals surface area contributed by atoms with E-state index in [0.717, 1.165) is 10.5 Å². The normalized spacial score (nSPS) is 12.7. The summed E-state index contributed by atoms with van der Waals surface area (Å²) in [5.41, 5.74) is 1.75. The molecule has 29 heavy (non-hydrogen) atoms. The predicted octanol–water partition coefficient (Wildman–Crippen LogP) is 3.78. The molecule has 0 atom stereocenters. The van der Waals surface area contributed by atoms with E-state index in [1.165, 1.54) is 6.07 Å². The van der Waals surface area contributed by atoms with Gasteiger partial charge in [-0.25, -0.2) is 9.69 Å². The monoisotopic (exact) mass is 387 g/mol. The zero-order chi connectivity index (χ0) is 20.4. The highest BCUT2D eigenvalue weighted by Crippen LogP contribution is 2.34. The zero-order valence-electron chi connectivity index (χ0n) is 15.6. The lowest BCUT2D eigenvalue weighted by Gasteiger charge is -2.17. The Hall–Kier alpha value is -3.93. The molecule has 0 saturated carbocycles. The Morgan fingerprint density at radius 2 is 1.34 bits per heavy atom. The number of imide groups is 1. The fourth-order valence-electron chi connectivity index (χ4n) is 3.14. The van der Waals surface area contributed by atoms with Crippen LogP contribution in [-0.2, 0) is 4.79 Å². The molecule has 0 N–H and O–H groups in total. The highest BCUT2D eigenvalue weighted by atomic mass is 16.6. The molecular weight excluding hydrogens is 370 g/mol. The first-order valence-corrected chi connectivity index (χ1v) is 9.02. The number of rotatable bonds is 5. The Morgan fingerprint density at radius 3 is 2.00 bits per heavy atom. The Kier molecular flexibility index (Phi) is 4.83. The van der Waals surface area contributed by atoms with Gasteiger partial charge in [-0.15, -0.1) is 0 Å². The summed E-state index contributed by atoms with van der Waals surface area (Å²) in [6.07, 6.45) is 0. The predicted molar refractivity (Wildman–Crippen MR) is 106 cm³/mol. The Morgan fingerprint density at radius 1 is 0.793 bits per heavy atom. The van der Waals surface area contributed by atoms with Crippen molar-refractivity contribution in [2.24, 2.45) is 0 Å². The van der Waals surface area contributed by atoms with Gasteiger partial charge < -0.3 is 9.47 Å². The van der Waals surface area contributed by atoms with Crippen LogP contribution < -0.4 is 14.4 Å². The molecule has 3 aromatic rings. The third-order valence-corrected chi connectivity index (χ3v) is 4.56. The Labute approximate surface area is 167 Å². The van der Waals surface area contributed by atoms with Crippen LogP contribution in [0.4, 0.5) is 5.69 Å². The SMILES string of the molecule is Cc1ccccc1OCC(=O)Oc1ccccc1N1C(=O)c2ccccc2C1=O. The molecular formula is C23H17NO5. The summed E-state index contributed by atoms with van der Waals surface area (Å²) >= 11 is 0. The lowest BCUT2D eigenvalue weighted by molar-refractivity contribution is -0.136. The summed E-state index contributed by atoms with van der Waals surface area (Å²) < 4.78 is 10.9. The summed E-state index contributed by atoms with van der Waals surface area (Å²) in [4.78, 5) is 38.8. The first kappa shape index (κ1) is 18.4. The first-order valence-electron chi connectivity index (χ1n) is 9.02. The highest BCUT2D eigenvalue weighted by molar-refractivity contribution is 6.34. The van der Waals surface area contributed by atoms with Gasteiger partial charge in [-0.1, -0.05) is 42.5 Å². The fourth-order valence-corrected chi connectivity index (χ4v) is 3.14. The van der Waals surface area contributed by atoms with Crippen LogP contribution in [0, 0.1) is 6.92 Å². The lowest BCUT2D eigenvalue weighted by atomic mass is 10.1. The highest BCUT2D eigenvalue weighted by Gasteiger charge is 2.37. The van der Waals surface area contributed by atoms with E-state index in [0.29, 0.717) is 16.9 Å². The molecule has 6 nitrogen and oxygen atoms in total. The van der Waals surface area contributed by atoms with Gasteiger partial charge in [0, 0.05) is 0 Å². The van der Waals surface area contributed by atoms with Crippen molar-refractivity contribution in [1.29, 1.82) is 0 Å². The van der Waals surface area contributed by atoms with Crippen molar-refractivity contribution < 1.29 is 23.9 Å². The average Bonchev–Trinajstić information content (AvgIpc) is 2.99. The molecule has 0 unspecified atom stereocenters. The average molecular weight is 387 g/mol. The molecule has 1 aliphatic heterocycles. The van der Waals surface area contributed by atoms with Crippen LogP contribution >= 0.6 is 0 Å². The third-order valence-electron chi connectivity index (χ3n) is 4.56. The second-order valence-electron chi connectivity index (χ2n) is 6.49. The molecule has 6 heteroatoms. The maximum absolute atomic E-state index is 12.7. The standard InChI is InChI=1S/C23H17NO5/c1-15-8-2-6-12-19(15)28-14-21(25)29-20-13-7-5-11-18(20)24-22(26)16-9-3-4-10-17(16)23(24)27/h2-13H,14H2,1H3. The summed E-state index contributed by atoms with van der Waals surface area (Å²) in [5, 5.41) is 0. The number of aryl methyl sites for hydroxylation is 1. The molecule has 4 rings (SSSR count). The van der Waals surface area contributed by atoms with Gasteiger partial charge in [0.05, 0.1) is 16.8 Å². The molecule has 0 fully saturated rings. The van der Waals surface area contributed by atoms with E-state index in [1.54, 1.807) is 48.5 Å². The number of amides is 2. The molecule has 2 amide bonds. The number of fused-ring (bicyclic) bond motifs is 1. The van der Waals surface area contributed by atoms with Gasteiger partial charge in [0.15, 0.2) is 12.4 Å². The number of carbonyl (C=O) groups excluding carboxylic acids is 3. The maximum atomic E-state index is 12.7. The van der Waals surface area contributed by atoms with E-state index in [-0.39, 0.29) is 18.0 Å². The Bertz CT molecular complexity index is 1090. The Balaban J connectivity index is 1.54. The van der Waals surface area contributed by atoms with E-state index in [1.807, 2.05) is 25.1 Å². The smallest absolute Gasteiger partial charge is 0.349 e. The van der Waals surface area contributed by atoms with Crippen molar-refractivity contribution in [2.75, 3.05) is 11.5 Å². The third kappa shape index (κ3) is 3.48. The quantitative estimate of drug-likeness (QED) is 0.378. The van der Waals surface area contributed by atoms with Crippen LogP contribution in [0.25, 0.3) is 0 Å². The fraction of sp³-hybridized carbons (Fsp3) is 0.0870. The number of hydrogen-bond donors (Lipinski definition) is 0. The molecule has 0 aliphatic carbocycles. The minimum Gasteiger partial charge on any atom is -0.482 e. The van der Waals surface area contributed by atoms with Crippen LogP contribution in [0.15, 0.2) is 72.8 Å². The van der Waals surface area contributed by atoms with E-state index in [4.69, 9.17) is 9.47 Å². The number of carbonyl (C=O) groups is 3. The topological polar surface area (TPSA) is 72.9 Å². The van der Waals surface area contributed by atoms with E-state index >= 15 is 0 Å². The van der Waals surface area contributed by atoms with Gasteiger partial charge >= 0.3 is 5.97 Å². The van der Waals surface area contributed by atoms with Gasteiger partial charge in [-0.2, -0.15) is 0 Å². The molecule has 0 aromatic heterocycles. The number of nitrogens with zero attached hydrogens (tertiary/aromatic N) is 1. The van der Waals surface area contributed by atoms with Crippen LogP contribution in [0.3, 0.4) is 0 Å². The summed E-state index contributed by atoms with van der Waals surface area (Å²) in [7, 11) is 0.